The Balaban J connectivity index is 1.62. The smallest absolute Gasteiger partial charge is 0.310 e. The Bertz CT molecular complexity index is 907. The SMILES string of the molecule is C[C@H]1[C@H](C)CC[C@]2(C(=O)O)CC[C@]3(C)C(=CC[C@@H]4[C@@]5(C)CC(O)[C@H](O)C(C)(C)C5CC[C@]43C)[C@@H]12. The van der Waals surface area contributed by atoms with Crippen LogP contribution >= 0.6 is 0 Å². The zero-order valence-corrected chi connectivity index (χ0v) is 22.5. The molecule has 0 aromatic rings. The van der Waals surface area contributed by atoms with Crippen molar-refractivity contribution in [1.29, 1.82) is 0 Å². The van der Waals surface area contributed by atoms with Crippen LogP contribution in [-0.2, 0) is 4.79 Å². The maximum absolute atomic E-state index is 12.8. The number of rotatable bonds is 1. The molecule has 5 aliphatic rings. The third kappa shape index (κ3) is 2.76. The number of allylic oxidation sites excluding steroid dienone is 2. The van der Waals surface area contributed by atoms with E-state index in [2.05, 4.69) is 54.5 Å². The molecule has 0 aromatic carbocycles. The van der Waals surface area contributed by atoms with Gasteiger partial charge < -0.3 is 15.3 Å². The molecule has 0 spiro atoms. The molecular formula is C30H48O4. The minimum Gasteiger partial charge on any atom is -0.481 e. The van der Waals surface area contributed by atoms with Crippen molar-refractivity contribution in [2.24, 2.45) is 56.7 Å². The fourth-order valence-electron chi connectivity index (χ4n) is 11.0. The molecule has 0 aromatic heterocycles. The van der Waals surface area contributed by atoms with Gasteiger partial charge in [0.25, 0.3) is 0 Å². The summed E-state index contributed by atoms with van der Waals surface area (Å²) in [6.07, 6.45) is 8.53. The van der Waals surface area contributed by atoms with Crippen molar-refractivity contribution in [3.63, 3.8) is 0 Å². The van der Waals surface area contributed by atoms with Gasteiger partial charge in [-0.15, -0.1) is 0 Å². The maximum Gasteiger partial charge on any atom is 0.310 e. The number of aliphatic hydroxyl groups is 2. The number of aliphatic hydroxyl groups excluding tert-OH is 2. The summed E-state index contributed by atoms with van der Waals surface area (Å²) in [5, 5.41) is 32.4. The molecule has 5 aliphatic carbocycles. The predicted molar refractivity (Wildman–Crippen MR) is 134 cm³/mol. The van der Waals surface area contributed by atoms with E-state index in [-0.39, 0.29) is 27.6 Å². The molecule has 0 heterocycles. The van der Waals surface area contributed by atoms with Crippen LogP contribution in [0.15, 0.2) is 11.6 Å². The Kier molecular flexibility index (Phi) is 5.36. The van der Waals surface area contributed by atoms with Crippen LogP contribution in [0.1, 0.15) is 99.8 Å². The van der Waals surface area contributed by atoms with Crippen molar-refractivity contribution in [2.75, 3.05) is 0 Å². The largest absolute Gasteiger partial charge is 0.481 e. The van der Waals surface area contributed by atoms with Crippen LogP contribution in [0.4, 0.5) is 0 Å². The second-order valence-electron chi connectivity index (χ2n) is 14.6. The first-order chi connectivity index (χ1) is 15.7. The average Bonchev–Trinajstić information content (AvgIpc) is 2.75. The van der Waals surface area contributed by atoms with Gasteiger partial charge in [-0.1, -0.05) is 60.1 Å². The van der Waals surface area contributed by atoms with Gasteiger partial charge in [-0.3, -0.25) is 4.79 Å². The summed E-state index contributed by atoms with van der Waals surface area (Å²) in [6.45, 7) is 16.3. The van der Waals surface area contributed by atoms with E-state index in [0.29, 0.717) is 30.1 Å². The van der Waals surface area contributed by atoms with E-state index < -0.39 is 23.6 Å². The summed E-state index contributed by atoms with van der Waals surface area (Å²) >= 11 is 0. The molecule has 192 valence electrons. The first-order valence-corrected chi connectivity index (χ1v) is 14.0. The fraction of sp³-hybridized carbons (Fsp3) is 0.900. The molecule has 4 saturated carbocycles. The standard InChI is InChI=1S/C30H48O4/c1-17-10-13-30(25(33)34)15-14-28(6)19(23(30)18(17)2)8-9-22-27(5)16-20(31)24(32)26(3,4)21(27)11-12-29(22,28)7/h8,17-18,20-24,31-32H,9-16H2,1-7H3,(H,33,34)/t17-,18+,20?,21?,22-,23-,24+,27+,28-,29-,30+/m1/s1. The van der Waals surface area contributed by atoms with Crippen LogP contribution < -0.4 is 0 Å². The number of carboxylic acid groups (broad SMARTS) is 1. The first-order valence-electron chi connectivity index (χ1n) is 14.0. The molecule has 0 aliphatic heterocycles. The monoisotopic (exact) mass is 472 g/mol. The molecule has 0 amide bonds. The van der Waals surface area contributed by atoms with E-state index in [9.17, 15) is 20.1 Å². The number of hydrogen-bond donors (Lipinski definition) is 3. The van der Waals surface area contributed by atoms with E-state index in [1.807, 2.05) is 0 Å². The van der Waals surface area contributed by atoms with Crippen LogP contribution in [0.2, 0.25) is 0 Å². The quantitative estimate of drug-likeness (QED) is 0.405. The molecule has 2 unspecified atom stereocenters. The molecule has 4 fully saturated rings. The molecule has 0 saturated heterocycles. The number of aliphatic carboxylic acids is 1. The zero-order chi connectivity index (χ0) is 25.1. The Labute approximate surface area is 206 Å². The van der Waals surface area contributed by atoms with Crippen LogP contribution in [0.25, 0.3) is 0 Å². The lowest BCUT2D eigenvalue weighted by atomic mass is 9.33. The molecule has 11 atom stereocenters. The van der Waals surface area contributed by atoms with Crippen LogP contribution in [0, 0.1) is 56.7 Å². The van der Waals surface area contributed by atoms with Crippen molar-refractivity contribution in [2.45, 2.75) is 112 Å². The summed E-state index contributed by atoms with van der Waals surface area (Å²) < 4.78 is 0. The summed E-state index contributed by atoms with van der Waals surface area (Å²) in [5.74, 6) is 1.30. The van der Waals surface area contributed by atoms with E-state index in [0.717, 1.165) is 44.9 Å². The molecule has 5 rings (SSSR count). The predicted octanol–water partition coefficient (Wildman–Crippen LogP) is 6.06. The van der Waals surface area contributed by atoms with Gasteiger partial charge >= 0.3 is 5.97 Å². The van der Waals surface area contributed by atoms with Gasteiger partial charge in [0.15, 0.2) is 0 Å². The van der Waals surface area contributed by atoms with E-state index in [1.165, 1.54) is 5.57 Å². The summed E-state index contributed by atoms with van der Waals surface area (Å²) in [4.78, 5) is 12.8. The summed E-state index contributed by atoms with van der Waals surface area (Å²) in [6, 6.07) is 0. The Morgan fingerprint density at radius 2 is 1.62 bits per heavy atom. The van der Waals surface area contributed by atoms with Gasteiger partial charge in [-0.25, -0.2) is 0 Å². The molecular weight excluding hydrogens is 424 g/mol. The highest BCUT2D eigenvalue weighted by Gasteiger charge is 2.70. The number of carbonyl (C=O) groups is 1. The van der Waals surface area contributed by atoms with E-state index in [4.69, 9.17) is 0 Å². The van der Waals surface area contributed by atoms with Crippen molar-refractivity contribution in [3.05, 3.63) is 11.6 Å². The number of carboxylic acids is 1. The normalized spacial score (nSPS) is 56.3. The number of hydrogen-bond acceptors (Lipinski definition) is 3. The third-order valence-corrected chi connectivity index (χ3v) is 13.4. The van der Waals surface area contributed by atoms with Crippen LogP contribution in [0.3, 0.4) is 0 Å². The van der Waals surface area contributed by atoms with Crippen LogP contribution in [0.5, 0.6) is 0 Å². The lowest BCUT2D eigenvalue weighted by Gasteiger charge is -2.71. The van der Waals surface area contributed by atoms with E-state index in [1.54, 1.807) is 0 Å². The van der Waals surface area contributed by atoms with Gasteiger partial charge in [0.2, 0.25) is 0 Å². The van der Waals surface area contributed by atoms with Gasteiger partial charge in [0.05, 0.1) is 17.6 Å². The van der Waals surface area contributed by atoms with Crippen molar-refractivity contribution in [3.8, 4) is 0 Å². The Morgan fingerprint density at radius 1 is 0.941 bits per heavy atom. The molecule has 34 heavy (non-hydrogen) atoms. The highest BCUT2D eigenvalue weighted by Crippen LogP contribution is 2.75. The molecule has 0 bridgehead atoms. The van der Waals surface area contributed by atoms with Crippen molar-refractivity contribution < 1.29 is 20.1 Å². The van der Waals surface area contributed by atoms with Gasteiger partial charge in [0, 0.05) is 0 Å². The lowest BCUT2D eigenvalue weighted by Crippen LogP contribution is -2.67. The van der Waals surface area contributed by atoms with Gasteiger partial charge in [-0.2, -0.15) is 0 Å². The molecule has 0 radical (unpaired) electrons. The second-order valence-corrected chi connectivity index (χ2v) is 14.6. The fourth-order valence-corrected chi connectivity index (χ4v) is 11.0. The summed E-state index contributed by atoms with van der Waals surface area (Å²) in [7, 11) is 0. The molecule has 3 N–H and O–H groups in total. The highest BCUT2D eigenvalue weighted by atomic mass is 16.4. The van der Waals surface area contributed by atoms with Crippen molar-refractivity contribution >= 4 is 5.97 Å². The van der Waals surface area contributed by atoms with Gasteiger partial charge in [-0.05, 0) is 103 Å². The Hall–Kier alpha value is -0.870. The lowest BCUT2D eigenvalue weighted by molar-refractivity contribution is -0.232. The van der Waals surface area contributed by atoms with Crippen LogP contribution in [-0.4, -0.2) is 33.5 Å². The number of fused-ring (bicyclic) bond motifs is 7. The Morgan fingerprint density at radius 3 is 2.26 bits per heavy atom. The second kappa shape index (κ2) is 7.34. The minimum absolute atomic E-state index is 0.00993. The highest BCUT2D eigenvalue weighted by molar-refractivity contribution is 5.76. The maximum atomic E-state index is 12.8. The molecule has 4 nitrogen and oxygen atoms in total. The first kappa shape index (κ1) is 24.8. The third-order valence-electron chi connectivity index (χ3n) is 13.4. The average molecular weight is 473 g/mol. The zero-order valence-electron chi connectivity index (χ0n) is 22.5. The summed E-state index contributed by atoms with van der Waals surface area (Å²) in [5.41, 5.74) is 0.574. The minimum atomic E-state index is -0.679. The van der Waals surface area contributed by atoms with Crippen molar-refractivity contribution in [1.82, 2.24) is 0 Å². The molecule has 4 heteroatoms. The topological polar surface area (TPSA) is 77.8 Å². The van der Waals surface area contributed by atoms with E-state index >= 15 is 0 Å². The van der Waals surface area contributed by atoms with Gasteiger partial charge in [0.1, 0.15) is 0 Å².